The van der Waals surface area contributed by atoms with Crippen molar-refractivity contribution < 1.29 is 22.8 Å². The third-order valence-corrected chi connectivity index (χ3v) is 6.77. The average Bonchev–Trinajstić information content (AvgIpc) is 3.10. The summed E-state index contributed by atoms with van der Waals surface area (Å²) >= 11 is 0. The number of hydrogen-bond acceptors (Lipinski definition) is 6. The summed E-state index contributed by atoms with van der Waals surface area (Å²) in [7, 11) is -3.82. The fourth-order valence-electron chi connectivity index (χ4n) is 4.15. The molecule has 1 aromatic rings. The van der Waals surface area contributed by atoms with Crippen molar-refractivity contribution in [2.75, 3.05) is 26.4 Å². The highest BCUT2D eigenvalue weighted by Crippen LogP contribution is 2.45. The number of aliphatic hydroxyl groups excluding tert-OH is 2. The maximum Gasteiger partial charge on any atom is 0.297 e. The Morgan fingerprint density at radius 1 is 1.29 bits per heavy atom. The molecule has 0 radical (unpaired) electrons. The molecule has 2 heterocycles. The Kier molecular flexibility index (Phi) is 4.99. The number of rotatable bonds is 6. The summed E-state index contributed by atoms with van der Waals surface area (Å²) in [6.45, 7) is 2.70. The molecule has 2 fully saturated rings. The Labute approximate surface area is 143 Å². The number of aliphatic hydroxyl groups is 2. The third-order valence-electron chi connectivity index (χ3n) is 5.47. The van der Waals surface area contributed by atoms with Crippen molar-refractivity contribution in [3.63, 3.8) is 0 Å². The van der Waals surface area contributed by atoms with E-state index >= 15 is 0 Å². The Hall–Kier alpha value is -0.990. The topological polar surface area (TPSA) is 87.1 Å². The first-order chi connectivity index (χ1) is 11.4. The molecule has 0 unspecified atom stereocenters. The monoisotopic (exact) mass is 355 g/mol. The average molecular weight is 355 g/mol. The van der Waals surface area contributed by atoms with Gasteiger partial charge in [-0.2, -0.15) is 8.42 Å². The molecule has 2 saturated heterocycles. The van der Waals surface area contributed by atoms with Gasteiger partial charge in [0.1, 0.15) is 0 Å². The fraction of sp³-hybridized carbons (Fsp3) is 0.647. The van der Waals surface area contributed by atoms with Gasteiger partial charge in [-0.05, 0) is 44.9 Å². The predicted octanol–water partition coefficient (Wildman–Crippen LogP) is 0.908. The molecule has 1 aromatic carbocycles. The van der Waals surface area contributed by atoms with Crippen LogP contribution in [-0.4, -0.2) is 61.5 Å². The van der Waals surface area contributed by atoms with Crippen molar-refractivity contribution >= 4 is 10.1 Å². The molecular formula is C17H25NO5S. The van der Waals surface area contributed by atoms with E-state index < -0.39 is 10.1 Å². The molecule has 0 aromatic heterocycles. The molecule has 24 heavy (non-hydrogen) atoms. The summed E-state index contributed by atoms with van der Waals surface area (Å²) < 4.78 is 30.1. The number of benzene rings is 1. The van der Waals surface area contributed by atoms with Gasteiger partial charge >= 0.3 is 0 Å². The van der Waals surface area contributed by atoms with Crippen LogP contribution in [0.4, 0.5) is 0 Å². The lowest BCUT2D eigenvalue weighted by Gasteiger charge is -2.33. The van der Waals surface area contributed by atoms with Crippen LogP contribution in [0.1, 0.15) is 24.8 Å². The van der Waals surface area contributed by atoms with Gasteiger partial charge in [0.05, 0.1) is 18.1 Å². The Morgan fingerprint density at radius 2 is 2.00 bits per heavy atom. The molecule has 3 atom stereocenters. The van der Waals surface area contributed by atoms with Crippen LogP contribution in [0.2, 0.25) is 0 Å². The largest absolute Gasteiger partial charge is 0.396 e. The number of nitrogens with zero attached hydrogens (tertiary/aromatic N) is 1. The van der Waals surface area contributed by atoms with E-state index in [1.165, 1.54) is 12.1 Å². The van der Waals surface area contributed by atoms with Gasteiger partial charge in [0, 0.05) is 24.1 Å². The highest BCUT2D eigenvalue weighted by Gasteiger charge is 2.53. The first-order valence-electron chi connectivity index (χ1n) is 8.36. The SMILES string of the molecule is Cc1ccc(S(=O)(=O)OC[C@@H]2[C@H](CO)C[C@]3(CO)CCCN23)cc1. The lowest BCUT2D eigenvalue weighted by Crippen LogP contribution is -2.47. The van der Waals surface area contributed by atoms with Crippen molar-refractivity contribution in [3.05, 3.63) is 29.8 Å². The minimum Gasteiger partial charge on any atom is -0.396 e. The zero-order valence-electron chi connectivity index (χ0n) is 13.9. The summed E-state index contributed by atoms with van der Waals surface area (Å²) in [6, 6.07) is 6.36. The van der Waals surface area contributed by atoms with Crippen LogP contribution in [0, 0.1) is 12.8 Å². The highest BCUT2D eigenvalue weighted by molar-refractivity contribution is 7.86. The van der Waals surface area contributed by atoms with Crippen LogP contribution in [0.25, 0.3) is 0 Å². The molecule has 134 valence electrons. The first kappa shape index (κ1) is 17.8. The van der Waals surface area contributed by atoms with Gasteiger partial charge in [-0.15, -0.1) is 0 Å². The van der Waals surface area contributed by atoms with E-state index in [9.17, 15) is 18.6 Å². The van der Waals surface area contributed by atoms with Crippen LogP contribution < -0.4 is 0 Å². The molecule has 3 rings (SSSR count). The molecule has 0 amide bonds. The quantitative estimate of drug-likeness (QED) is 0.738. The lowest BCUT2D eigenvalue weighted by atomic mass is 9.90. The summed E-state index contributed by atoms with van der Waals surface area (Å²) in [6.07, 6.45) is 2.53. The van der Waals surface area contributed by atoms with Crippen molar-refractivity contribution in [3.8, 4) is 0 Å². The number of fused-ring (bicyclic) bond motifs is 1. The standard InChI is InChI=1S/C17H25NO5S/c1-13-3-5-15(6-4-13)24(21,22)23-11-16-14(10-19)9-17(12-20)7-2-8-18(16)17/h3-6,14,16,19-20H,2,7-12H2,1H3/t14-,16+,17-/m0/s1. The molecule has 6 nitrogen and oxygen atoms in total. The van der Waals surface area contributed by atoms with Gasteiger partial charge in [0.15, 0.2) is 0 Å². The summed E-state index contributed by atoms with van der Waals surface area (Å²) in [5.41, 5.74) is 0.657. The summed E-state index contributed by atoms with van der Waals surface area (Å²) in [5, 5.41) is 19.5. The molecule has 0 saturated carbocycles. The maximum atomic E-state index is 12.4. The van der Waals surface area contributed by atoms with E-state index in [2.05, 4.69) is 4.90 Å². The van der Waals surface area contributed by atoms with Gasteiger partial charge in [-0.1, -0.05) is 17.7 Å². The van der Waals surface area contributed by atoms with E-state index in [-0.39, 0.29) is 42.2 Å². The normalized spacial score (nSPS) is 30.6. The Balaban J connectivity index is 1.74. The summed E-state index contributed by atoms with van der Waals surface area (Å²) in [5.74, 6) is -0.0781. The van der Waals surface area contributed by atoms with Crippen molar-refractivity contribution in [2.45, 2.75) is 42.7 Å². The zero-order valence-corrected chi connectivity index (χ0v) is 14.7. The summed E-state index contributed by atoms with van der Waals surface area (Å²) in [4.78, 5) is 2.28. The molecule has 0 spiro atoms. The van der Waals surface area contributed by atoms with Crippen LogP contribution in [0.5, 0.6) is 0 Å². The van der Waals surface area contributed by atoms with Gasteiger partial charge in [-0.3, -0.25) is 9.08 Å². The zero-order chi connectivity index (χ0) is 17.4. The third kappa shape index (κ3) is 3.11. The second-order valence-corrected chi connectivity index (χ2v) is 8.56. The molecule has 0 aliphatic carbocycles. The molecule has 7 heteroatoms. The van der Waals surface area contributed by atoms with Gasteiger partial charge in [-0.25, -0.2) is 0 Å². The van der Waals surface area contributed by atoms with Crippen LogP contribution in [-0.2, 0) is 14.3 Å². The van der Waals surface area contributed by atoms with Gasteiger partial charge in [0.2, 0.25) is 0 Å². The number of aryl methyl sites for hydroxylation is 1. The highest BCUT2D eigenvalue weighted by atomic mass is 32.2. The minimum atomic E-state index is -3.82. The second kappa shape index (κ2) is 6.72. The van der Waals surface area contributed by atoms with Crippen molar-refractivity contribution in [2.24, 2.45) is 5.92 Å². The first-order valence-corrected chi connectivity index (χ1v) is 9.77. The minimum absolute atomic E-state index is 0.00316. The molecule has 0 bridgehead atoms. The Bertz CT molecular complexity index is 675. The fourth-order valence-corrected chi connectivity index (χ4v) is 5.08. The number of hydrogen-bond donors (Lipinski definition) is 2. The molecule has 2 aliphatic heterocycles. The predicted molar refractivity (Wildman–Crippen MR) is 89.1 cm³/mol. The van der Waals surface area contributed by atoms with E-state index in [1.54, 1.807) is 12.1 Å². The molecular weight excluding hydrogens is 330 g/mol. The van der Waals surface area contributed by atoms with E-state index in [1.807, 2.05) is 6.92 Å². The Morgan fingerprint density at radius 3 is 2.62 bits per heavy atom. The van der Waals surface area contributed by atoms with Crippen LogP contribution in [0.15, 0.2) is 29.2 Å². The van der Waals surface area contributed by atoms with Crippen molar-refractivity contribution in [1.82, 2.24) is 4.90 Å². The smallest absolute Gasteiger partial charge is 0.297 e. The second-order valence-electron chi connectivity index (χ2n) is 6.95. The van der Waals surface area contributed by atoms with Gasteiger partial charge < -0.3 is 10.2 Å². The lowest BCUT2D eigenvalue weighted by molar-refractivity contribution is 0.0588. The molecule has 2 N–H and O–H groups in total. The van der Waals surface area contributed by atoms with Crippen molar-refractivity contribution in [1.29, 1.82) is 0 Å². The maximum absolute atomic E-state index is 12.4. The van der Waals surface area contributed by atoms with E-state index in [4.69, 9.17) is 4.18 Å². The van der Waals surface area contributed by atoms with Gasteiger partial charge in [0.25, 0.3) is 10.1 Å². The van der Waals surface area contributed by atoms with E-state index in [0.29, 0.717) is 6.42 Å². The van der Waals surface area contributed by atoms with E-state index in [0.717, 1.165) is 24.9 Å². The van der Waals surface area contributed by atoms with Crippen LogP contribution in [0.3, 0.4) is 0 Å². The molecule has 2 aliphatic rings. The van der Waals surface area contributed by atoms with Crippen LogP contribution >= 0.6 is 0 Å².